The number of hydrogen-bond donors (Lipinski definition) is 0. The summed E-state index contributed by atoms with van der Waals surface area (Å²) in [6.45, 7) is 2.61. The molecule has 108 valence electrons. The molecule has 2 rings (SSSR count). The standard InChI is InChI=1S/C15H17FO3S/c1-3-4-8-19-15(17)14-10(9-18-2)13-11(16)6-5-7-12(13)20-14/h5-7H,3-4,8-9H2,1-2H3. The van der Waals surface area contributed by atoms with E-state index in [0.717, 1.165) is 17.5 Å². The smallest absolute Gasteiger partial charge is 0.348 e. The first kappa shape index (κ1) is 14.9. The van der Waals surface area contributed by atoms with Crippen LogP contribution in [0.1, 0.15) is 35.0 Å². The Bertz CT molecular complexity index is 606. The number of benzene rings is 1. The molecule has 0 bridgehead atoms. The Kier molecular flexibility index (Phi) is 5.09. The van der Waals surface area contributed by atoms with Crippen LogP contribution in [-0.2, 0) is 16.1 Å². The van der Waals surface area contributed by atoms with Crippen LogP contribution in [0.3, 0.4) is 0 Å². The van der Waals surface area contributed by atoms with Crippen LogP contribution in [0.5, 0.6) is 0 Å². The van der Waals surface area contributed by atoms with Crippen molar-refractivity contribution < 1.29 is 18.7 Å². The molecule has 0 amide bonds. The van der Waals surface area contributed by atoms with Gasteiger partial charge in [0.15, 0.2) is 0 Å². The van der Waals surface area contributed by atoms with Gasteiger partial charge in [0, 0.05) is 22.8 Å². The molecule has 0 saturated carbocycles. The van der Waals surface area contributed by atoms with Crippen molar-refractivity contribution >= 4 is 27.4 Å². The largest absolute Gasteiger partial charge is 0.461 e. The van der Waals surface area contributed by atoms with Crippen molar-refractivity contribution in [3.05, 3.63) is 34.5 Å². The third-order valence-corrected chi connectivity index (χ3v) is 4.15. The molecule has 20 heavy (non-hydrogen) atoms. The number of hydrogen-bond acceptors (Lipinski definition) is 4. The van der Waals surface area contributed by atoms with Crippen molar-refractivity contribution in [2.45, 2.75) is 26.4 Å². The Balaban J connectivity index is 2.39. The maximum atomic E-state index is 14.0. The van der Waals surface area contributed by atoms with Crippen LogP contribution in [-0.4, -0.2) is 19.7 Å². The molecule has 0 fully saturated rings. The van der Waals surface area contributed by atoms with E-state index < -0.39 is 5.97 Å². The maximum absolute atomic E-state index is 14.0. The van der Waals surface area contributed by atoms with Crippen molar-refractivity contribution in [3.8, 4) is 0 Å². The van der Waals surface area contributed by atoms with Gasteiger partial charge in [-0.15, -0.1) is 11.3 Å². The molecule has 0 aliphatic heterocycles. The predicted molar refractivity (Wildman–Crippen MR) is 77.7 cm³/mol. The molecule has 3 nitrogen and oxygen atoms in total. The van der Waals surface area contributed by atoms with Crippen molar-refractivity contribution in [3.63, 3.8) is 0 Å². The molecule has 1 aromatic carbocycles. The fourth-order valence-corrected chi connectivity index (χ4v) is 3.10. The minimum absolute atomic E-state index is 0.194. The minimum Gasteiger partial charge on any atom is -0.461 e. The van der Waals surface area contributed by atoms with Crippen LogP contribution in [0.4, 0.5) is 4.39 Å². The zero-order valence-electron chi connectivity index (χ0n) is 11.6. The van der Waals surface area contributed by atoms with E-state index in [-0.39, 0.29) is 12.4 Å². The quantitative estimate of drug-likeness (QED) is 0.593. The number of methoxy groups -OCH3 is 1. The highest BCUT2D eigenvalue weighted by Crippen LogP contribution is 2.34. The van der Waals surface area contributed by atoms with Crippen molar-refractivity contribution in [2.24, 2.45) is 0 Å². The molecule has 1 aromatic heterocycles. The molecule has 5 heteroatoms. The predicted octanol–water partition coefficient (Wildman–Crippen LogP) is 4.14. The molecular formula is C15H17FO3S. The molecule has 0 spiro atoms. The lowest BCUT2D eigenvalue weighted by Gasteiger charge is -2.05. The summed E-state index contributed by atoms with van der Waals surface area (Å²) in [7, 11) is 1.52. The Hall–Kier alpha value is -1.46. The first-order valence-corrected chi connectivity index (χ1v) is 7.36. The summed E-state index contributed by atoms with van der Waals surface area (Å²) < 4.78 is 25.0. The molecule has 0 aliphatic carbocycles. The van der Waals surface area contributed by atoms with Gasteiger partial charge in [0.05, 0.1) is 13.2 Å². The van der Waals surface area contributed by atoms with Gasteiger partial charge < -0.3 is 9.47 Å². The van der Waals surface area contributed by atoms with Gasteiger partial charge in [-0.1, -0.05) is 19.4 Å². The minimum atomic E-state index is -0.397. The van der Waals surface area contributed by atoms with E-state index in [1.54, 1.807) is 12.1 Å². The zero-order valence-corrected chi connectivity index (χ0v) is 12.4. The van der Waals surface area contributed by atoms with E-state index in [1.807, 2.05) is 6.92 Å². The number of esters is 1. The second kappa shape index (κ2) is 6.81. The van der Waals surface area contributed by atoms with E-state index in [4.69, 9.17) is 9.47 Å². The second-order valence-electron chi connectivity index (χ2n) is 4.45. The molecule has 0 radical (unpaired) electrons. The monoisotopic (exact) mass is 296 g/mol. The van der Waals surface area contributed by atoms with Crippen LogP contribution in [0.15, 0.2) is 18.2 Å². The zero-order chi connectivity index (χ0) is 14.5. The van der Waals surface area contributed by atoms with Crippen LogP contribution in [0.25, 0.3) is 10.1 Å². The van der Waals surface area contributed by atoms with Crippen LogP contribution in [0, 0.1) is 5.82 Å². The number of rotatable bonds is 6. The Morgan fingerprint density at radius 2 is 2.20 bits per heavy atom. The highest BCUT2D eigenvalue weighted by molar-refractivity contribution is 7.21. The summed E-state index contributed by atoms with van der Waals surface area (Å²) in [6.07, 6.45) is 1.78. The van der Waals surface area contributed by atoms with Gasteiger partial charge in [0.25, 0.3) is 0 Å². The number of unbranched alkanes of at least 4 members (excludes halogenated alkanes) is 1. The number of carbonyl (C=O) groups excluding carboxylic acids is 1. The summed E-state index contributed by atoms with van der Waals surface area (Å²) in [5, 5.41) is 0.460. The van der Waals surface area contributed by atoms with E-state index >= 15 is 0 Å². The number of fused-ring (bicyclic) bond motifs is 1. The lowest BCUT2D eigenvalue weighted by atomic mass is 10.1. The van der Waals surface area contributed by atoms with Crippen molar-refractivity contribution in [1.82, 2.24) is 0 Å². The van der Waals surface area contributed by atoms with Crippen LogP contribution >= 0.6 is 11.3 Å². The lowest BCUT2D eigenvalue weighted by molar-refractivity contribution is 0.0501. The molecule has 0 aliphatic rings. The fourth-order valence-electron chi connectivity index (χ4n) is 1.99. The average Bonchev–Trinajstić information content (AvgIpc) is 2.80. The van der Waals surface area contributed by atoms with Gasteiger partial charge in [-0.3, -0.25) is 0 Å². The summed E-state index contributed by atoms with van der Waals surface area (Å²) in [5.74, 6) is -0.732. The van der Waals surface area contributed by atoms with Gasteiger partial charge in [-0.05, 0) is 18.6 Å². The Morgan fingerprint density at radius 3 is 2.90 bits per heavy atom. The first-order chi connectivity index (χ1) is 9.69. The molecule has 0 unspecified atom stereocenters. The summed E-state index contributed by atoms with van der Waals surface area (Å²) in [4.78, 5) is 12.5. The van der Waals surface area contributed by atoms with Gasteiger partial charge >= 0.3 is 5.97 Å². The second-order valence-corrected chi connectivity index (χ2v) is 5.50. The van der Waals surface area contributed by atoms with Gasteiger partial charge in [0.2, 0.25) is 0 Å². The number of ether oxygens (including phenoxy) is 2. The Morgan fingerprint density at radius 1 is 1.40 bits per heavy atom. The van der Waals surface area contributed by atoms with E-state index in [2.05, 4.69) is 0 Å². The SMILES string of the molecule is CCCCOC(=O)c1sc2cccc(F)c2c1COC. The van der Waals surface area contributed by atoms with Crippen molar-refractivity contribution in [2.75, 3.05) is 13.7 Å². The summed E-state index contributed by atoms with van der Waals surface area (Å²) >= 11 is 1.25. The van der Waals surface area contributed by atoms with E-state index in [0.29, 0.717) is 22.4 Å². The average molecular weight is 296 g/mol. The number of carbonyl (C=O) groups is 1. The van der Waals surface area contributed by atoms with E-state index in [1.165, 1.54) is 24.5 Å². The number of halogens is 1. The van der Waals surface area contributed by atoms with Gasteiger partial charge in [-0.2, -0.15) is 0 Å². The molecule has 0 N–H and O–H groups in total. The molecule has 0 atom stereocenters. The summed E-state index contributed by atoms with van der Waals surface area (Å²) in [6, 6.07) is 4.82. The van der Waals surface area contributed by atoms with Gasteiger partial charge in [-0.25, -0.2) is 9.18 Å². The van der Waals surface area contributed by atoms with Gasteiger partial charge in [0.1, 0.15) is 10.7 Å². The van der Waals surface area contributed by atoms with Crippen molar-refractivity contribution in [1.29, 1.82) is 0 Å². The lowest BCUT2D eigenvalue weighted by Crippen LogP contribution is -2.07. The molecular weight excluding hydrogens is 279 g/mol. The first-order valence-electron chi connectivity index (χ1n) is 6.55. The molecule has 1 heterocycles. The third-order valence-electron chi connectivity index (χ3n) is 2.97. The van der Waals surface area contributed by atoms with Crippen LogP contribution in [0.2, 0.25) is 0 Å². The Labute approximate surface area is 121 Å². The van der Waals surface area contributed by atoms with E-state index in [9.17, 15) is 9.18 Å². The third kappa shape index (κ3) is 2.99. The number of thiophene rings is 1. The maximum Gasteiger partial charge on any atom is 0.348 e. The molecule has 0 saturated heterocycles. The normalized spacial score (nSPS) is 10.9. The summed E-state index contributed by atoms with van der Waals surface area (Å²) in [5.41, 5.74) is 0.576. The fraction of sp³-hybridized carbons (Fsp3) is 0.400. The topological polar surface area (TPSA) is 35.5 Å². The molecule has 2 aromatic rings. The highest BCUT2D eigenvalue weighted by Gasteiger charge is 2.21. The highest BCUT2D eigenvalue weighted by atomic mass is 32.1. The van der Waals surface area contributed by atoms with Crippen LogP contribution < -0.4 is 0 Å².